The van der Waals surface area contributed by atoms with E-state index in [0.29, 0.717) is 24.5 Å². The highest BCUT2D eigenvalue weighted by molar-refractivity contribution is 6.30. The number of hydrogen-bond acceptors (Lipinski definition) is 4. The van der Waals surface area contributed by atoms with Gasteiger partial charge >= 0.3 is 6.03 Å². The second-order valence-electron chi connectivity index (χ2n) is 11.5. The number of aliphatic hydroxyl groups is 1. The number of likely N-dealkylation sites (tertiary alicyclic amines) is 2. The number of halogens is 1. The Hall–Kier alpha value is -3.32. The zero-order valence-corrected chi connectivity index (χ0v) is 25.3. The van der Waals surface area contributed by atoms with E-state index in [-0.39, 0.29) is 6.03 Å². The third-order valence-electron chi connectivity index (χ3n) is 8.55. The number of allylic oxidation sites excluding steroid dienone is 4. The van der Waals surface area contributed by atoms with Gasteiger partial charge in [0.1, 0.15) is 12.4 Å². The van der Waals surface area contributed by atoms with Crippen LogP contribution >= 0.6 is 11.6 Å². The lowest BCUT2D eigenvalue weighted by molar-refractivity contribution is -0.0254. The van der Waals surface area contributed by atoms with E-state index in [2.05, 4.69) is 28.9 Å². The van der Waals surface area contributed by atoms with Gasteiger partial charge in [0.05, 0.1) is 5.60 Å². The molecule has 0 saturated carbocycles. The van der Waals surface area contributed by atoms with Crippen LogP contribution < -0.4 is 10.1 Å². The van der Waals surface area contributed by atoms with E-state index in [1.807, 2.05) is 66.4 Å². The summed E-state index contributed by atoms with van der Waals surface area (Å²) < 4.78 is 6.17. The number of nitrogens with one attached hydrogen (secondary N) is 1. The van der Waals surface area contributed by atoms with Crippen molar-refractivity contribution in [1.82, 2.24) is 9.80 Å². The van der Waals surface area contributed by atoms with Crippen LogP contribution in [0.1, 0.15) is 56.6 Å². The molecule has 5 rings (SSSR count). The fourth-order valence-electron chi connectivity index (χ4n) is 6.03. The molecular weight excluding hydrogens is 546 g/mol. The minimum absolute atomic E-state index is 0.0486. The van der Waals surface area contributed by atoms with Gasteiger partial charge in [0.2, 0.25) is 0 Å². The average Bonchev–Trinajstić information content (AvgIpc) is 3.13. The van der Waals surface area contributed by atoms with Gasteiger partial charge in [-0.3, -0.25) is 0 Å². The molecule has 222 valence electrons. The molecule has 2 saturated heterocycles. The van der Waals surface area contributed by atoms with Gasteiger partial charge in [0.15, 0.2) is 0 Å². The first-order valence-corrected chi connectivity index (χ1v) is 15.5. The van der Waals surface area contributed by atoms with Crippen LogP contribution in [0.5, 0.6) is 5.75 Å². The number of carbonyl (C=O) groups excluding carboxylic acids is 1. The molecule has 3 heterocycles. The minimum Gasteiger partial charge on any atom is -0.488 e. The molecular formula is C35H42ClN3O3. The zero-order chi connectivity index (χ0) is 29.5. The standard InChI is InChI=1S/C35H42ClN3O3/c1-3-4-9-30-26(2)25-42-33-16-15-29(37-34(40)39-20-6-5-7-21-39)24-32(33)31(30)10-8-19-38-22-17-35(41,18-23-38)27-11-13-28(36)14-12-27/h3-4,9-16,24,41H,2,5-8,17-23,25H2,1H3,(H,37,40)/b4-3-,30-9+,31-10+. The van der Waals surface area contributed by atoms with Crippen LogP contribution in [-0.2, 0) is 5.60 Å². The Balaban J connectivity index is 1.33. The summed E-state index contributed by atoms with van der Waals surface area (Å²) in [5.41, 5.74) is 4.86. The van der Waals surface area contributed by atoms with Gasteiger partial charge in [-0.15, -0.1) is 0 Å². The van der Waals surface area contributed by atoms with E-state index < -0.39 is 5.60 Å². The first-order valence-electron chi connectivity index (χ1n) is 15.1. The monoisotopic (exact) mass is 587 g/mol. The number of nitrogens with zero attached hydrogens (tertiary/aromatic N) is 2. The smallest absolute Gasteiger partial charge is 0.321 e. The van der Waals surface area contributed by atoms with Crippen LogP contribution in [0.4, 0.5) is 10.5 Å². The van der Waals surface area contributed by atoms with Crippen molar-refractivity contribution in [3.05, 3.63) is 101 Å². The second-order valence-corrected chi connectivity index (χ2v) is 11.9. The molecule has 0 radical (unpaired) electrons. The summed E-state index contributed by atoms with van der Waals surface area (Å²) in [5.74, 6) is 0.785. The predicted molar refractivity (Wildman–Crippen MR) is 172 cm³/mol. The Morgan fingerprint density at radius 2 is 1.81 bits per heavy atom. The molecule has 0 spiro atoms. The number of ether oxygens (including phenoxy) is 1. The maximum Gasteiger partial charge on any atom is 0.321 e. The average molecular weight is 588 g/mol. The molecule has 0 atom stereocenters. The summed E-state index contributed by atoms with van der Waals surface area (Å²) >= 11 is 6.06. The van der Waals surface area contributed by atoms with Crippen molar-refractivity contribution < 1.29 is 14.6 Å². The van der Waals surface area contributed by atoms with Gasteiger partial charge in [-0.1, -0.05) is 54.6 Å². The lowest BCUT2D eigenvalue weighted by Gasteiger charge is -2.38. The van der Waals surface area contributed by atoms with Gasteiger partial charge in [-0.25, -0.2) is 4.79 Å². The number of rotatable bonds is 6. The van der Waals surface area contributed by atoms with Gasteiger partial charge in [-0.2, -0.15) is 0 Å². The molecule has 6 nitrogen and oxygen atoms in total. The number of piperidine rings is 2. The summed E-state index contributed by atoms with van der Waals surface area (Å²) in [6.07, 6.45) is 13.9. The quantitative estimate of drug-likeness (QED) is 0.366. The molecule has 7 heteroatoms. The van der Waals surface area contributed by atoms with Crippen LogP contribution in [0.3, 0.4) is 0 Å². The van der Waals surface area contributed by atoms with Crippen molar-refractivity contribution >= 4 is 28.9 Å². The number of hydrogen-bond donors (Lipinski definition) is 2. The van der Waals surface area contributed by atoms with Crippen LogP contribution in [0, 0.1) is 0 Å². The summed E-state index contributed by atoms with van der Waals surface area (Å²) in [4.78, 5) is 17.3. The number of anilines is 1. The summed E-state index contributed by atoms with van der Waals surface area (Å²) in [5, 5.41) is 15.1. The first-order chi connectivity index (χ1) is 20.4. The number of carbonyl (C=O) groups is 1. The highest BCUT2D eigenvalue weighted by atomic mass is 35.5. The number of benzene rings is 2. The number of amides is 2. The fourth-order valence-corrected chi connectivity index (χ4v) is 6.15. The normalized spacial score (nSPS) is 21.3. The molecule has 3 aliphatic rings. The van der Waals surface area contributed by atoms with Crippen LogP contribution in [0.15, 0.2) is 84.5 Å². The van der Waals surface area contributed by atoms with Gasteiger partial charge in [0, 0.05) is 49.0 Å². The van der Waals surface area contributed by atoms with E-state index in [4.69, 9.17) is 16.3 Å². The van der Waals surface area contributed by atoms with Gasteiger partial charge < -0.3 is 25.0 Å². The van der Waals surface area contributed by atoms with Crippen molar-refractivity contribution in [2.45, 2.75) is 51.0 Å². The predicted octanol–water partition coefficient (Wildman–Crippen LogP) is 7.57. The molecule has 2 aromatic rings. The molecule has 2 amide bonds. The van der Waals surface area contributed by atoms with Crippen LogP contribution in [-0.4, -0.2) is 60.3 Å². The molecule has 0 aromatic heterocycles. The third kappa shape index (κ3) is 7.17. The number of fused-ring (bicyclic) bond motifs is 1. The Morgan fingerprint density at radius 3 is 2.52 bits per heavy atom. The molecule has 42 heavy (non-hydrogen) atoms. The highest BCUT2D eigenvalue weighted by Crippen LogP contribution is 2.40. The van der Waals surface area contributed by atoms with E-state index >= 15 is 0 Å². The third-order valence-corrected chi connectivity index (χ3v) is 8.80. The minimum atomic E-state index is -0.813. The largest absolute Gasteiger partial charge is 0.488 e. The summed E-state index contributed by atoms with van der Waals surface area (Å²) in [7, 11) is 0. The Morgan fingerprint density at radius 1 is 1.07 bits per heavy atom. The topological polar surface area (TPSA) is 65.0 Å². The molecule has 0 bridgehead atoms. The highest BCUT2D eigenvalue weighted by Gasteiger charge is 2.33. The van der Waals surface area contributed by atoms with Crippen molar-refractivity contribution in [3.63, 3.8) is 0 Å². The van der Waals surface area contributed by atoms with Gasteiger partial charge in [0.25, 0.3) is 0 Å². The maximum atomic E-state index is 12.9. The van der Waals surface area contributed by atoms with Crippen LogP contribution in [0.2, 0.25) is 5.02 Å². The van der Waals surface area contributed by atoms with E-state index in [1.165, 1.54) is 6.42 Å². The lowest BCUT2D eigenvalue weighted by atomic mass is 9.84. The van der Waals surface area contributed by atoms with Crippen molar-refractivity contribution in [2.24, 2.45) is 0 Å². The molecule has 2 N–H and O–H groups in total. The first kappa shape index (κ1) is 30.1. The van der Waals surface area contributed by atoms with Crippen molar-refractivity contribution in [3.8, 4) is 5.75 Å². The molecule has 2 aromatic carbocycles. The number of urea groups is 1. The Bertz CT molecular complexity index is 1360. The maximum absolute atomic E-state index is 12.9. The van der Waals surface area contributed by atoms with E-state index in [9.17, 15) is 9.90 Å². The van der Waals surface area contributed by atoms with Gasteiger partial charge in [-0.05, 0) is 98.1 Å². The Labute approximate surface area is 255 Å². The van der Waals surface area contributed by atoms with Crippen molar-refractivity contribution in [1.29, 1.82) is 0 Å². The molecule has 0 unspecified atom stereocenters. The zero-order valence-electron chi connectivity index (χ0n) is 24.6. The molecule has 3 aliphatic heterocycles. The fraction of sp³-hybridized carbons (Fsp3) is 0.400. The molecule has 2 fully saturated rings. The van der Waals surface area contributed by atoms with Crippen LogP contribution in [0.25, 0.3) is 5.57 Å². The molecule has 0 aliphatic carbocycles. The lowest BCUT2D eigenvalue weighted by Crippen LogP contribution is -2.42. The second kappa shape index (κ2) is 13.8. The Kier molecular flexibility index (Phi) is 9.88. The van der Waals surface area contributed by atoms with Crippen molar-refractivity contribution in [2.75, 3.05) is 44.6 Å². The van der Waals surface area contributed by atoms with E-state index in [0.717, 1.165) is 91.3 Å². The van der Waals surface area contributed by atoms with E-state index in [1.54, 1.807) is 0 Å². The summed E-state index contributed by atoms with van der Waals surface area (Å²) in [6, 6.07) is 13.4. The SMILES string of the molecule is C=C1COc2ccc(NC(=O)N3CCCCC3)cc2C(=C/CCN2CCC(O)(c3ccc(Cl)cc3)CC2)/C1=C/C=C\C. The summed E-state index contributed by atoms with van der Waals surface area (Å²) in [6.45, 7) is 10.9.